The van der Waals surface area contributed by atoms with Crippen LogP contribution in [0.15, 0.2) is 18.3 Å². The molecule has 0 saturated carbocycles. The summed E-state index contributed by atoms with van der Waals surface area (Å²) < 4.78 is 0. The molecule has 0 aliphatic heterocycles. The summed E-state index contributed by atoms with van der Waals surface area (Å²) in [7, 11) is 0. The summed E-state index contributed by atoms with van der Waals surface area (Å²) in [6.07, 6.45) is 1.52. The van der Waals surface area contributed by atoms with E-state index in [9.17, 15) is 9.59 Å². The van der Waals surface area contributed by atoms with Crippen LogP contribution in [0, 0.1) is 6.92 Å². The number of hydrogen-bond acceptors (Lipinski definition) is 4. The van der Waals surface area contributed by atoms with Crippen LogP contribution in [0.5, 0.6) is 0 Å². The van der Waals surface area contributed by atoms with Crippen LogP contribution in [0.3, 0.4) is 0 Å². The molecule has 1 rings (SSSR count). The zero-order valence-electron chi connectivity index (χ0n) is 8.93. The lowest BCUT2D eigenvalue weighted by Crippen LogP contribution is -2.46. The number of aryl methyl sites for hydroxylation is 1. The van der Waals surface area contributed by atoms with Crippen molar-refractivity contribution in [2.75, 3.05) is 6.54 Å². The minimum absolute atomic E-state index is 0.00415. The highest BCUT2D eigenvalue weighted by atomic mass is 16.2. The average Bonchev–Trinajstić information content (AvgIpc) is 2.25. The molecule has 1 atom stereocenters. The molecule has 16 heavy (non-hydrogen) atoms. The van der Waals surface area contributed by atoms with Crippen molar-refractivity contribution in [1.29, 1.82) is 0 Å². The van der Waals surface area contributed by atoms with Gasteiger partial charge in [0.05, 0.1) is 0 Å². The van der Waals surface area contributed by atoms with Crippen molar-refractivity contribution in [3.63, 3.8) is 0 Å². The Morgan fingerprint density at radius 2 is 2.25 bits per heavy atom. The summed E-state index contributed by atoms with van der Waals surface area (Å²) in [5, 5.41) is 2.49. The highest BCUT2D eigenvalue weighted by Crippen LogP contribution is 2.02. The third-order valence-corrected chi connectivity index (χ3v) is 2.07. The minimum Gasteiger partial charge on any atom is -0.368 e. The second-order valence-corrected chi connectivity index (χ2v) is 3.39. The Bertz CT molecular complexity index is 406. The topological polar surface area (TPSA) is 111 Å². The molecule has 0 spiro atoms. The summed E-state index contributed by atoms with van der Waals surface area (Å²) in [6.45, 7) is 1.78. The fourth-order valence-corrected chi connectivity index (χ4v) is 1.11. The van der Waals surface area contributed by atoms with Crippen LogP contribution in [-0.4, -0.2) is 29.4 Å². The first-order valence-electron chi connectivity index (χ1n) is 4.77. The summed E-state index contributed by atoms with van der Waals surface area (Å²) in [6, 6.07) is 2.63. The third-order valence-electron chi connectivity index (χ3n) is 2.07. The van der Waals surface area contributed by atoms with Gasteiger partial charge in [-0.15, -0.1) is 0 Å². The maximum absolute atomic E-state index is 11.6. The van der Waals surface area contributed by atoms with E-state index in [4.69, 9.17) is 11.5 Å². The Morgan fingerprint density at radius 1 is 1.56 bits per heavy atom. The molecule has 6 heteroatoms. The van der Waals surface area contributed by atoms with Gasteiger partial charge in [0.25, 0.3) is 5.91 Å². The number of amides is 2. The van der Waals surface area contributed by atoms with Crippen LogP contribution in [0.25, 0.3) is 0 Å². The van der Waals surface area contributed by atoms with E-state index in [1.54, 1.807) is 19.1 Å². The smallest absolute Gasteiger partial charge is 0.270 e. The third kappa shape index (κ3) is 3.03. The van der Waals surface area contributed by atoms with Crippen molar-refractivity contribution in [1.82, 2.24) is 10.3 Å². The number of aromatic nitrogens is 1. The number of nitrogens with zero attached hydrogens (tertiary/aromatic N) is 1. The van der Waals surface area contributed by atoms with Gasteiger partial charge in [-0.3, -0.25) is 14.6 Å². The van der Waals surface area contributed by atoms with Crippen molar-refractivity contribution in [3.05, 3.63) is 29.6 Å². The Balaban J connectivity index is 2.60. The standard InChI is InChI=1S/C10H14N4O2/c1-6-3-2-4-13-8(6)10(16)14-5-7(11)9(12)15/h2-4,7H,5,11H2,1H3,(H2,12,15)(H,14,16)/t7-/m0/s1. The first-order chi connectivity index (χ1) is 7.52. The Hall–Kier alpha value is -1.95. The number of primary amides is 1. The predicted octanol–water partition coefficient (Wildman–Crippen LogP) is -1.07. The maximum Gasteiger partial charge on any atom is 0.270 e. The molecule has 0 unspecified atom stereocenters. The zero-order chi connectivity index (χ0) is 12.1. The van der Waals surface area contributed by atoms with E-state index in [-0.39, 0.29) is 12.5 Å². The summed E-state index contributed by atoms with van der Waals surface area (Å²) in [5.41, 5.74) is 11.4. The van der Waals surface area contributed by atoms with E-state index >= 15 is 0 Å². The van der Waals surface area contributed by atoms with E-state index in [0.29, 0.717) is 5.69 Å². The summed E-state index contributed by atoms with van der Waals surface area (Å²) in [5.74, 6) is -1.02. The van der Waals surface area contributed by atoms with Gasteiger partial charge >= 0.3 is 0 Å². The van der Waals surface area contributed by atoms with Crippen molar-refractivity contribution in [2.24, 2.45) is 11.5 Å². The van der Waals surface area contributed by atoms with Crippen molar-refractivity contribution in [2.45, 2.75) is 13.0 Å². The van der Waals surface area contributed by atoms with Gasteiger partial charge in [-0.2, -0.15) is 0 Å². The van der Waals surface area contributed by atoms with Crippen molar-refractivity contribution < 1.29 is 9.59 Å². The van der Waals surface area contributed by atoms with Crippen LogP contribution in [0.4, 0.5) is 0 Å². The van der Waals surface area contributed by atoms with Crippen molar-refractivity contribution in [3.8, 4) is 0 Å². The van der Waals surface area contributed by atoms with Gasteiger partial charge in [0, 0.05) is 12.7 Å². The second-order valence-electron chi connectivity index (χ2n) is 3.39. The Morgan fingerprint density at radius 3 is 2.81 bits per heavy atom. The number of carbonyl (C=O) groups excluding carboxylic acids is 2. The predicted molar refractivity (Wildman–Crippen MR) is 58.5 cm³/mol. The van der Waals surface area contributed by atoms with E-state index in [1.807, 2.05) is 0 Å². The largest absolute Gasteiger partial charge is 0.368 e. The summed E-state index contributed by atoms with van der Waals surface area (Å²) in [4.78, 5) is 26.2. The van der Waals surface area contributed by atoms with Crippen LogP contribution >= 0.6 is 0 Å². The van der Waals surface area contributed by atoms with E-state index in [1.165, 1.54) is 6.20 Å². The average molecular weight is 222 g/mol. The molecule has 0 aromatic carbocycles. The van der Waals surface area contributed by atoms with Gasteiger partial charge in [-0.1, -0.05) is 6.07 Å². The van der Waals surface area contributed by atoms with Crippen LogP contribution in [0.1, 0.15) is 16.1 Å². The molecule has 1 aromatic heterocycles. The van der Waals surface area contributed by atoms with Crippen LogP contribution in [0.2, 0.25) is 0 Å². The molecule has 86 valence electrons. The minimum atomic E-state index is -0.882. The molecule has 0 radical (unpaired) electrons. The molecule has 0 saturated heterocycles. The van der Waals surface area contributed by atoms with Crippen molar-refractivity contribution >= 4 is 11.8 Å². The van der Waals surface area contributed by atoms with Gasteiger partial charge in [-0.05, 0) is 18.6 Å². The molecule has 1 heterocycles. The highest BCUT2D eigenvalue weighted by Gasteiger charge is 2.13. The zero-order valence-corrected chi connectivity index (χ0v) is 8.93. The second kappa shape index (κ2) is 5.22. The summed E-state index contributed by atoms with van der Waals surface area (Å²) >= 11 is 0. The van der Waals surface area contributed by atoms with E-state index in [0.717, 1.165) is 5.56 Å². The molecule has 0 aliphatic rings. The lowest BCUT2D eigenvalue weighted by atomic mass is 10.2. The number of hydrogen-bond donors (Lipinski definition) is 3. The van der Waals surface area contributed by atoms with Gasteiger partial charge < -0.3 is 16.8 Å². The lowest BCUT2D eigenvalue weighted by molar-refractivity contribution is -0.119. The fraction of sp³-hybridized carbons (Fsp3) is 0.300. The number of nitrogens with one attached hydrogen (secondary N) is 1. The molecule has 6 nitrogen and oxygen atoms in total. The SMILES string of the molecule is Cc1cccnc1C(=O)NC[C@H](N)C(N)=O. The fourth-order valence-electron chi connectivity index (χ4n) is 1.11. The molecular formula is C10H14N4O2. The normalized spacial score (nSPS) is 11.9. The monoisotopic (exact) mass is 222 g/mol. The first kappa shape index (κ1) is 12.1. The van der Waals surface area contributed by atoms with Crippen LogP contribution < -0.4 is 16.8 Å². The van der Waals surface area contributed by atoms with Crippen LogP contribution in [-0.2, 0) is 4.79 Å². The van der Waals surface area contributed by atoms with Gasteiger partial charge in [0.15, 0.2) is 0 Å². The molecule has 0 aliphatic carbocycles. The molecular weight excluding hydrogens is 208 g/mol. The Kier molecular flexibility index (Phi) is 3.96. The molecule has 0 fully saturated rings. The van der Waals surface area contributed by atoms with Gasteiger partial charge in [0.1, 0.15) is 11.7 Å². The first-order valence-corrected chi connectivity index (χ1v) is 4.77. The number of carbonyl (C=O) groups is 2. The number of pyridine rings is 1. The molecule has 1 aromatic rings. The lowest BCUT2D eigenvalue weighted by Gasteiger charge is -2.09. The van der Waals surface area contributed by atoms with E-state index in [2.05, 4.69) is 10.3 Å². The number of nitrogens with two attached hydrogens (primary N) is 2. The molecule has 0 bridgehead atoms. The molecule has 5 N–H and O–H groups in total. The maximum atomic E-state index is 11.6. The Labute approximate surface area is 93.0 Å². The number of rotatable bonds is 4. The molecule has 2 amide bonds. The van der Waals surface area contributed by atoms with E-state index < -0.39 is 11.9 Å². The van der Waals surface area contributed by atoms with Gasteiger partial charge in [-0.25, -0.2) is 0 Å². The highest BCUT2D eigenvalue weighted by molar-refractivity contribution is 5.94. The quantitative estimate of drug-likeness (QED) is 0.602. The van der Waals surface area contributed by atoms with Gasteiger partial charge in [0.2, 0.25) is 5.91 Å².